The standard InChI is InChI=1S/C13H14Cl2N2O2/c1-2-3-11-13(19)17(7-12(18)16-11)10-5-8(14)4-9(15)6-10/h4-6,11H,2-3,7H2,1H3,(H,16,18). The summed E-state index contributed by atoms with van der Waals surface area (Å²) in [6, 6.07) is 4.38. The van der Waals surface area contributed by atoms with Gasteiger partial charge in [-0.05, 0) is 24.6 Å². The van der Waals surface area contributed by atoms with Crippen molar-refractivity contribution in [3.8, 4) is 0 Å². The van der Waals surface area contributed by atoms with Crippen molar-refractivity contribution in [2.75, 3.05) is 11.4 Å². The smallest absolute Gasteiger partial charge is 0.250 e. The molecule has 0 aliphatic carbocycles. The minimum atomic E-state index is -0.469. The molecule has 0 saturated carbocycles. The van der Waals surface area contributed by atoms with Gasteiger partial charge in [0.05, 0.1) is 0 Å². The first-order valence-corrected chi connectivity index (χ1v) is 6.83. The molecule has 0 radical (unpaired) electrons. The lowest BCUT2D eigenvalue weighted by atomic mass is 10.1. The van der Waals surface area contributed by atoms with Crippen molar-refractivity contribution >= 4 is 40.7 Å². The summed E-state index contributed by atoms with van der Waals surface area (Å²) in [5, 5.41) is 3.58. The average molecular weight is 301 g/mol. The van der Waals surface area contributed by atoms with Crippen LogP contribution in [0.5, 0.6) is 0 Å². The maximum absolute atomic E-state index is 12.3. The largest absolute Gasteiger partial charge is 0.343 e. The van der Waals surface area contributed by atoms with Crippen LogP contribution in [0.2, 0.25) is 10.0 Å². The van der Waals surface area contributed by atoms with Crippen LogP contribution in [0, 0.1) is 0 Å². The quantitative estimate of drug-likeness (QED) is 0.933. The number of nitrogens with zero attached hydrogens (tertiary/aromatic N) is 1. The second-order valence-electron chi connectivity index (χ2n) is 4.46. The predicted molar refractivity (Wildman–Crippen MR) is 75.7 cm³/mol. The van der Waals surface area contributed by atoms with Gasteiger partial charge in [0.1, 0.15) is 12.6 Å². The maximum atomic E-state index is 12.3. The average Bonchev–Trinajstić information content (AvgIpc) is 2.32. The Morgan fingerprint density at radius 3 is 2.47 bits per heavy atom. The lowest BCUT2D eigenvalue weighted by molar-refractivity contribution is -0.131. The van der Waals surface area contributed by atoms with Crippen molar-refractivity contribution in [1.82, 2.24) is 5.32 Å². The van der Waals surface area contributed by atoms with Crippen LogP contribution in [0.25, 0.3) is 0 Å². The molecule has 0 spiro atoms. The highest BCUT2D eigenvalue weighted by Gasteiger charge is 2.32. The van der Waals surface area contributed by atoms with Gasteiger partial charge in [0.15, 0.2) is 0 Å². The van der Waals surface area contributed by atoms with Gasteiger partial charge < -0.3 is 10.2 Å². The molecule has 1 fully saturated rings. The van der Waals surface area contributed by atoms with Crippen LogP contribution in [-0.4, -0.2) is 24.4 Å². The van der Waals surface area contributed by atoms with Crippen molar-refractivity contribution in [3.05, 3.63) is 28.2 Å². The number of hydrogen-bond donors (Lipinski definition) is 1. The summed E-state index contributed by atoms with van der Waals surface area (Å²) in [6.07, 6.45) is 1.44. The molecule has 1 heterocycles. The van der Waals surface area contributed by atoms with Gasteiger partial charge in [-0.25, -0.2) is 0 Å². The molecule has 0 aromatic heterocycles. The lowest BCUT2D eigenvalue weighted by Crippen LogP contribution is -2.58. The zero-order chi connectivity index (χ0) is 14.0. The minimum absolute atomic E-state index is 0.00425. The van der Waals surface area contributed by atoms with E-state index in [1.54, 1.807) is 18.2 Å². The predicted octanol–water partition coefficient (Wildman–Crippen LogP) is 2.62. The molecule has 1 aliphatic heterocycles. The van der Waals surface area contributed by atoms with E-state index in [2.05, 4.69) is 5.32 Å². The highest BCUT2D eigenvalue weighted by atomic mass is 35.5. The van der Waals surface area contributed by atoms with E-state index in [4.69, 9.17) is 23.2 Å². The molecule has 0 bridgehead atoms. The molecule has 1 unspecified atom stereocenters. The summed E-state index contributed by atoms with van der Waals surface area (Å²) < 4.78 is 0. The first kappa shape index (κ1) is 14.2. The first-order valence-electron chi connectivity index (χ1n) is 6.08. The molecule has 1 aromatic carbocycles. The van der Waals surface area contributed by atoms with E-state index in [-0.39, 0.29) is 18.4 Å². The summed E-state index contributed by atoms with van der Waals surface area (Å²) in [6.45, 7) is 1.96. The Balaban J connectivity index is 2.31. The number of hydrogen-bond acceptors (Lipinski definition) is 2. The van der Waals surface area contributed by atoms with E-state index in [0.29, 0.717) is 22.2 Å². The minimum Gasteiger partial charge on any atom is -0.343 e. The van der Waals surface area contributed by atoms with E-state index in [0.717, 1.165) is 6.42 Å². The Labute approximate surface area is 121 Å². The Hall–Kier alpha value is -1.26. The molecule has 2 rings (SSSR count). The second-order valence-corrected chi connectivity index (χ2v) is 5.33. The fourth-order valence-corrected chi connectivity index (χ4v) is 2.62. The normalized spacial score (nSPS) is 19.5. The number of benzene rings is 1. The molecule has 2 amide bonds. The van der Waals surface area contributed by atoms with Crippen molar-refractivity contribution in [2.45, 2.75) is 25.8 Å². The van der Waals surface area contributed by atoms with Gasteiger partial charge in [-0.15, -0.1) is 0 Å². The van der Waals surface area contributed by atoms with E-state index in [1.165, 1.54) is 4.90 Å². The van der Waals surface area contributed by atoms with E-state index in [1.807, 2.05) is 6.92 Å². The van der Waals surface area contributed by atoms with Crippen molar-refractivity contribution in [3.63, 3.8) is 0 Å². The molecular weight excluding hydrogens is 287 g/mol. The number of piperazine rings is 1. The molecule has 1 atom stereocenters. The number of rotatable bonds is 3. The molecule has 1 aromatic rings. The third-order valence-electron chi connectivity index (χ3n) is 2.94. The van der Waals surface area contributed by atoms with Crippen molar-refractivity contribution < 1.29 is 9.59 Å². The van der Waals surface area contributed by atoms with Crippen LogP contribution in [-0.2, 0) is 9.59 Å². The summed E-state index contributed by atoms with van der Waals surface area (Å²) in [5.74, 6) is -0.297. The van der Waals surface area contributed by atoms with Crippen LogP contribution in [0.15, 0.2) is 18.2 Å². The van der Waals surface area contributed by atoms with Gasteiger partial charge in [-0.3, -0.25) is 9.59 Å². The lowest BCUT2D eigenvalue weighted by Gasteiger charge is -2.32. The second kappa shape index (κ2) is 5.80. The summed E-state index contributed by atoms with van der Waals surface area (Å²) in [7, 11) is 0. The molecular formula is C13H14Cl2N2O2. The Kier molecular flexibility index (Phi) is 4.32. The number of carbonyl (C=O) groups excluding carboxylic acids is 2. The van der Waals surface area contributed by atoms with E-state index < -0.39 is 6.04 Å². The molecule has 1 N–H and O–H groups in total. The van der Waals surface area contributed by atoms with Crippen LogP contribution in [0.4, 0.5) is 5.69 Å². The van der Waals surface area contributed by atoms with Gasteiger partial charge in [0.2, 0.25) is 11.8 Å². The zero-order valence-electron chi connectivity index (χ0n) is 10.5. The van der Waals surface area contributed by atoms with Crippen LogP contribution < -0.4 is 10.2 Å². The van der Waals surface area contributed by atoms with Gasteiger partial charge in [0.25, 0.3) is 0 Å². The number of halogens is 2. The van der Waals surface area contributed by atoms with Crippen LogP contribution in [0.3, 0.4) is 0 Å². The molecule has 1 saturated heterocycles. The molecule has 102 valence electrons. The third-order valence-corrected chi connectivity index (χ3v) is 3.37. The maximum Gasteiger partial charge on any atom is 0.250 e. The van der Waals surface area contributed by atoms with Gasteiger partial charge in [-0.2, -0.15) is 0 Å². The fraction of sp³-hybridized carbons (Fsp3) is 0.385. The molecule has 6 heteroatoms. The van der Waals surface area contributed by atoms with Gasteiger partial charge in [-0.1, -0.05) is 36.5 Å². The Morgan fingerprint density at radius 1 is 1.26 bits per heavy atom. The highest BCUT2D eigenvalue weighted by molar-refractivity contribution is 6.35. The highest BCUT2D eigenvalue weighted by Crippen LogP contribution is 2.27. The van der Waals surface area contributed by atoms with Crippen LogP contribution >= 0.6 is 23.2 Å². The number of carbonyl (C=O) groups is 2. The van der Waals surface area contributed by atoms with Crippen molar-refractivity contribution in [1.29, 1.82) is 0 Å². The Morgan fingerprint density at radius 2 is 1.89 bits per heavy atom. The molecule has 4 nitrogen and oxygen atoms in total. The first-order chi connectivity index (χ1) is 9.01. The van der Waals surface area contributed by atoms with Crippen LogP contribution in [0.1, 0.15) is 19.8 Å². The fourth-order valence-electron chi connectivity index (χ4n) is 2.11. The van der Waals surface area contributed by atoms with Gasteiger partial charge in [0, 0.05) is 15.7 Å². The number of nitrogens with one attached hydrogen (secondary N) is 1. The van der Waals surface area contributed by atoms with E-state index >= 15 is 0 Å². The van der Waals surface area contributed by atoms with Gasteiger partial charge >= 0.3 is 0 Å². The summed E-state index contributed by atoms with van der Waals surface area (Å²) >= 11 is 11.9. The molecule has 19 heavy (non-hydrogen) atoms. The summed E-state index contributed by atoms with van der Waals surface area (Å²) in [4.78, 5) is 25.4. The topological polar surface area (TPSA) is 49.4 Å². The zero-order valence-corrected chi connectivity index (χ0v) is 12.0. The summed E-state index contributed by atoms with van der Waals surface area (Å²) in [5.41, 5.74) is 0.554. The Bertz CT molecular complexity index is 499. The number of anilines is 1. The monoisotopic (exact) mass is 300 g/mol. The van der Waals surface area contributed by atoms with E-state index in [9.17, 15) is 9.59 Å². The SMILES string of the molecule is CCCC1NC(=O)CN(c2cc(Cl)cc(Cl)c2)C1=O. The van der Waals surface area contributed by atoms with Crippen molar-refractivity contribution in [2.24, 2.45) is 0 Å². The number of amides is 2. The molecule has 1 aliphatic rings. The third kappa shape index (κ3) is 3.19.